The van der Waals surface area contributed by atoms with Crippen molar-refractivity contribution >= 4 is 5.91 Å². The van der Waals surface area contributed by atoms with Crippen molar-refractivity contribution < 1.29 is 14.6 Å². The van der Waals surface area contributed by atoms with Crippen molar-refractivity contribution in [3.8, 4) is 12.2 Å². The molecule has 1 unspecified atom stereocenters. The first kappa shape index (κ1) is 19.5. The summed E-state index contributed by atoms with van der Waals surface area (Å²) < 4.78 is 5.41. The van der Waals surface area contributed by atoms with Gasteiger partial charge < -0.3 is 9.84 Å². The van der Waals surface area contributed by atoms with E-state index >= 15 is 0 Å². The lowest BCUT2D eigenvalue weighted by atomic mass is 9.96. The van der Waals surface area contributed by atoms with Crippen LogP contribution in [0.3, 0.4) is 0 Å². The average molecular weight is 295 g/mol. The van der Waals surface area contributed by atoms with Crippen molar-refractivity contribution in [2.75, 3.05) is 7.11 Å². The van der Waals surface area contributed by atoms with Crippen molar-refractivity contribution in [3.63, 3.8) is 0 Å². The summed E-state index contributed by atoms with van der Waals surface area (Å²) in [6.45, 7) is 7.98. The summed E-state index contributed by atoms with van der Waals surface area (Å²) in [6, 6.07) is 2.54. The smallest absolute Gasteiger partial charge is 0.258 e. The molecule has 4 heteroatoms. The summed E-state index contributed by atoms with van der Waals surface area (Å²) >= 11 is 0. The summed E-state index contributed by atoms with van der Waals surface area (Å²) in [5.41, 5.74) is -0.155. The topological polar surface area (TPSA) is 49.8 Å². The van der Waals surface area contributed by atoms with Crippen molar-refractivity contribution in [1.82, 2.24) is 4.90 Å². The lowest BCUT2D eigenvalue weighted by molar-refractivity contribution is -0.125. The number of nitrogens with zero attached hydrogens (tertiary/aromatic N) is 1. The van der Waals surface area contributed by atoms with E-state index in [1.54, 1.807) is 20.1 Å². The van der Waals surface area contributed by atoms with Gasteiger partial charge in [-0.05, 0) is 52.5 Å². The van der Waals surface area contributed by atoms with Gasteiger partial charge in [0.15, 0.2) is 0 Å². The van der Waals surface area contributed by atoms with Gasteiger partial charge in [-0.1, -0.05) is 19.4 Å². The summed E-state index contributed by atoms with van der Waals surface area (Å²) in [4.78, 5) is 13.5. The molecule has 0 aromatic rings. The van der Waals surface area contributed by atoms with Crippen molar-refractivity contribution in [1.29, 1.82) is 0 Å². The second-order valence-electron chi connectivity index (χ2n) is 5.73. The van der Waals surface area contributed by atoms with E-state index in [0.717, 1.165) is 32.1 Å². The molecule has 0 fully saturated rings. The highest BCUT2D eigenvalue weighted by molar-refractivity contribution is 5.89. The third-order valence-corrected chi connectivity index (χ3v) is 3.57. The van der Waals surface area contributed by atoms with E-state index in [-0.39, 0.29) is 17.6 Å². The number of hydrogen-bond acceptors (Lipinski definition) is 3. The number of methoxy groups -OCH3 is 1. The van der Waals surface area contributed by atoms with Gasteiger partial charge in [-0.25, -0.2) is 0 Å². The van der Waals surface area contributed by atoms with Gasteiger partial charge in [0.25, 0.3) is 5.91 Å². The molecule has 0 rings (SSSR count). The lowest BCUT2D eigenvalue weighted by Crippen LogP contribution is -2.36. The van der Waals surface area contributed by atoms with E-state index in [1.165, 1.54) is 11.0 Å². The number of aliphatic hydroxyl groups is 1. The molecule has 0 aliphatic rings. The highest BCUT2D eigenvalue weighted by Gasteiger charge is 2.22. The van der Waals surface area contributed by atoms with Gasteiger partial charge in [-0.2, -0.15) is 0 Å². The molecule has 0 aromatic heterocycles. The second kappa shape index (κ2) is 10.3. The van der Waals surface area contributed by atoms with Crippen LogP contribution >= 0.6 is 0 Å². The van der Waals surface area contributed by atoms with E-state index in [2.05, 4.69) is 26.8 Å². The maximum Gasteiger partial charge on any atom is 0.258 e. The van der Waals surface area contributed by atoms with E-state index < -0.39 is 0 Å². The Morgan fingerprint density at radius 2 is 2.10 bits per heavy atom. The first-order valence-corrected chi connectivity index (χ1v) is 7.57. The number of ether oxygens (including phenoxy) is 1. The van der Waals surface area contributed by atoms with Gasteiger partial charge in [0.2, 0.25) is 0 Å². The van der Waals surface area contributed by atoms with Crippen LogP contribution < -0.4 is 0 Å². The van der Waals surface area contributed by atoms with Crippen molar-refractivity contribution in [2.24, 2.45) is 0 Å². The quantitative estimate of drug-likeness (QED) is 0.403. The van der Waals surface area contributed by atoms with E-state index in [4.69, 9.17) is 9.84 Å². The van der Waals surface area contributed by atoms with Gasteiger partial charge in [-0.15, -0.1) is 0 Å². The molecule has 0 aromatic carbocycles. The van der Waals surface area contributed by atoms with Gasteiger partial charge in [0.05, 0.1) is 11.6 Å². The van der Waals surface area contributed by atoms with Gasteiger partial charge >= 0.3 is 0 Å². The summed E-state index contributed by atoms with van der Waals surface area (Å²) in [5, 5.41) is 8.86. The molecule has 0 saturated carbocycles. The van der Waals surface area contributed by atoms with Crippen LogP contribution in [0.25, 0.3) is 0 Å². The zero-order valence-corrected chi connectivity index (χ0v) is 14.0. The van der Waals surface area contributed by atoms with Crippen LogP contribution in [-0.4, -0.2) is 34.7 Å². The minimum absolute atomic E-state index is 0.0195. The lowest BCUT2D eigenvalue weighted by Gasteiger charge is -2.28. The number of hydrogen-bond donors (Lipinski definition) is 1. The molecule has 0 bridgehead atoms. The van der Waals surface area contributed by atoms with Crippen molar-refractivity contribution in [3.05, 3.63) is 12.2 Å². The van der Waals surface area contributed by atoms with Gasteiger partial charge in [0.1, 0.15) is 6.11 Å². The Hall–Kier alpha value is -1.47. The standard InChI is InChI=1S/C17H29NO3/c1-6-9-15(11-8-12-17(3,4)21-5)18(13-14-19)16(20)10-7-2/h7,10,15,19H,6,8-9,11-12H2,1-5H3/b10-7-. The van der Waals surface area contributed by atoms with Crippen LogP contribution in [0.15, 0.2) is 12.2 Å². The third kappa shape index (κ3) is 7.77. The van der Waals surface area contributed by atoms with Crippen molar-refractivity contribution in [2.45, 2.75) is 71.4 Å². The number of carbonyl (C=O) groups excluding carboxylic acids is 1. The number of allylic oxidation sites excluding steroid dienone is 1. The largest absolute Gasteiger partial charge is 0.461 e. The zero-order valence-electron chi connectivity index (χ0n) is 14.0. The summed E-state index contributed by atoms with van der Waals surface area (Å²) in [6.07, 6.45) is 9.56. The van der Waals surface area contributed by atoms with Gasteiger partial charge in [-0.3, -0.25) is 9.69 Å². The number of aliphatic hydroxyl groups excluding tert-OH is 1. The molecule has 1 amide bonds. The minimum atomic E-state index is -0.177. The normalized spacial score (nSPS) is 12.8. The Labute approximate surface area is 129 Å². The molecular formula is C17H29NO3. The molecule has 0 aliphatic carbocycles. The predicted molar refractivity (Wildman–Crippen MR) is 85.0 cm³/mol. The number of amides is 1. The Balaban J connectivity index is 4.81. The molecule has 120 valence electrons. The molecule has 21 heavy (non-hydrogen) atoms. The fourth-order valence-corrected chi connectivity index (χ4v) is 2.20. The summed E-state index contributed by atoms with van der Waals surface area (Å²) in [7, 11) is 1.71. The van der Waals surface area contributed by atoms with Crippen LogP contribution in [0.1, 0.15) is 59.8 Å². The van der Waals surface area contributed by atoms with Crippen LogP contribution in [0.4, 0.5) is 0 Å². The Bertz CT molecular complexity index is 391. The predicted octanol–water partition coefficient (Wildman–Crippen LogP) is 3.45. The number of rotatable bonds is 9. The maximum absolute atomic E-state index is 12.1. The summed E-state index contributed by atoms with van der Waals surface area (Å²) in [5.74, 6) is -0.177. The molecule has 4 nitrogen and oxygen atoms in total. The highest BCUT2D eigenvalue weighted by atomic mass is 16.5. The molecule has 0 spiro atoms. The molecule has 0 heterocycles. The molecule has 0 aliphatic heterocycles. The van der Waals surface area contributed by atoms with Crippen LogP contribution in [0.2, 0.25) is 0 Å². The monoisotopic (exact) mass is 295 g/mol. The molecule has 1 N–H and O–H groups in total. The Morgan fingerprint density at radius 1 is 1.43 bits per heavy atom. The van der Waals surface area contributed by atoms with E-state index in [0.29, 0.717) is 0 Å². The van der Waals surface area contributed by atoms with Crippen LogP contribution in [0.5, 0.6) is 0 Å². The fraction of sp³-hybridized carbons (Fsp3) is 0.706. The van der Waals surface area contributed by atoms with Crippen LogP contribution in [0, 0.1) is 12.2 Å². The fourth-order valence-electron chi connectivity index (χ4n) is 2.20. The molecule has 1 atom stereocenters. The van der Waals surface area contributed by atoms with Gasteiger partial charge in [0, 0.05) is 13.2 Å². The molecule has 0 radical (unpaired) electrons. The second-order valence-corrected chi connectivity index (χ2v) is 5.73. The first-order valence-electron chi connectivity index (χ1n) is 7.57. The minimum Gasteiger partial charge on any atom is -0.461 e. The maximum atomic E-state index is 12.1. The van der Waals surface area contributed by atoms with E-state index in [9.17, 15) is 4.79 Å². The first-order chi connectivity index (χ1) is 9.91. The third-order valence-electron chi connectivity index (χ3n) is 3.57. The molecular weight excluding hydrogens is 266 g/mol. The Kier molecular flexibility index (Phi) is 9.56. The van der Waals surface area contributed by atoms with E-state index in [1.807, 2.05) is 6.11 Å². The zero-order chi connectivity index (χ0) is 16.3. The SMILES string of the molecule is C/C=C\C(=O)N(C#CO)C(CCC)CCCC(C)(C)OC. The average Bonchev–Trinajstić information content (AvgIpc) is 2.44. The van der Waals surface area contributed by atoms with Crippen LogP contribution in [-0.2, 0) is 9.53 Å². The number of carbonyl (C=O) groups is 1. The Morgan fingerprint density at radius 3 is 2.57 bits per heavy atom. The highest BCUT2D eigenvalue weighted by Crippen LogP contribution is 2.21. The molecule has 0 saturated heterocycles.